The van der Waals surface area contributed by atoms with Gasteiger partial charge in [0.05, 0.1) is 0 Å². The van der Waals surface area contributed by atoms with Crippen LogP contribution in [0.1, 0.15) is 47.1 Å². The van der Waals surface area contributed by atoms with Gasteiger partial charge in [-0.25, -0.2) is 0 Å². The Labute approximate surface area is 314 Å². The summed E-state index contributed by atoms with van der Waals surface area (Å²) in [5.41, 5.74) is 16.5. The van der Waals surface area contributed by atoms with Crippen molar-refractivity contribution in [2.24, 2.45) is 11.7 Å². The van der Waals surface area contributed by atoms with E-state index < -0.39 is 47.7 Å². The zero-order chi connectivity index (χ0) is 38.8. The van der Waals surface area contributed by atoms with Gasteiger partial charge in [-0.1, -0.05) is 117 Å². The van der Waals surface area contributed by atoms with Gasteiger partial charge in [-0.15, -0.1) is 0 Å². The minimum Gasteiger partial charge on any atom is -0.398 e. The molecule has 0 heterocycles. The lowest BCUT2D eigenvalue weighted by Crippen LogP contribution is -2.55. The van der Waals surface area contributed by atoms with Crippen molar-refractivity contribution in [3.05, 3.63) is 144 Å². The van der Waals surface area contributed by atoms with Gasteiger partial charge < -0.3 is 32.7 Å². The van der Waals surface area contributed by atoms with E-state index in [1.807, 2.05) is 60.7 Å². The molecule has 0 aromatic heterocycles. The first-order valence-corrected chi connectivity index (χ1v) is 17.6. The largest absolute Gasteiger partial charge is 0.398 e. The molecule has 0 aliphatic rings. The molecule has 0 aliphatic carbocycles. The lowest BCUT2D eigenvalue weighted by molar-refractivity contribution is -0.129. The number of nitrogens with one attached hydrogen (secondary N) is 4. The third kappa shape index (κ3) is 9.37. The van der Waals surface area contributed by atoms with Crippen LogP contribution in [0, 0.1) is 5.92 Å². The summed E-state index contributed by atoms with van der Waals surface area (Å²) in [7, 11) is 0. The number of nitrogen functional groups attached to an aromatic ring is 1. The summed E-state index contributed by atoms with van der Waals surface area (Å²) in [5, 5.41) is 11.3. The number of hydrogen-bond acceptors (Lipinski definition) is 6. The van der Waals surface area contributed by atoms with Crippen molar-refractivity contribution >= 4 is 40.9 Å². The number of anilines is 2. The highest BCUT2D eigenvalue weighted by molar-refractivity contribution is 6.09. The van der Waals surface area contributed by atoms with Crippen LogP contribution in [0.2, 0.25) is 0 Å². The Hall–Kier alpha value is -6.75. The van der Waals surface area contributed by atoms with Crippen molar-refractivity contribution in [1.29, 1.82) is 0 Å². The van der Waals surface area contributed by atoms with E-state index in [0.717, 1.165) is 16.7 Å². The number of primary amides is 1. The highest BCUT2D eigenvalue weighted by Crippen LogP contribution is 2.32. The van der Waals surface area contributed by atoms with Crippen molar-refractivity contribution in [3.8, 4) is 22.3 Å². The lowest BCUT2D eigenvalue weighted by Gasteiger charge is -2.24. The summed E-state index contributed by atoms with van der Waals surface area (Å²) in [6.45, 7) is 5.11. The fourth-order valence-corrected chi connectivity index (χ4v) is 6.10. The molecule has 8 N–H and O–H groups in total. The summed E-state index contributed by atoms with van der Waals surface area (Å²) >= 11 is 0. The van der Waals surface area contributed by atoms with Crippen LogP contribution in [0.4, 0.5) is 11.4 Å². The quantitative estimate of drug-likeness (QED) is 0.0841. The van der Waals surface area contributed by atoms with Gasteiger partial charge in [-0.2, -0.15) is 0 Å². The molecule has 11 heteroatoms. The Morgan fingerprint density at radius 3 is 1.63 bits per heavy atom. The molecule has 0 spiro atoms. The van der Waals surface area contributed by atoms with Gasteiger partial charge >= 0.3 is 0 Å². The maximum Gasteiger partial charge on any atom is 0.252 e. The van der Waals surface area contributed by atoms with Crippen LogP contribution in [-0.2, 0) is 20.8 Å². The molecule has 5 aromatic rings. The second-order valence-electron chi connectivity index (χ2n) is 13.3. The highest BCUT2D eigenvalue weighted by Gasteiger charge is 2.29. The minimum absolute atomic E-state index is 0.145. The standard InChI is InChI=1S/C43H44N6O5/c1-26(2)38(39(45)50)49-43(54)37(25-28-15-5-4-6-16-28)48-42(53)34-22-10-8-18-30(34)29-17-7-9-21-33(29)41(52)46-27(3)40(51)47-36-24-14-12-20-32(36)31-19-11-13-23-35(31)44/h4-24,26-27,37-38H,25,44H2,1-3H3,(H2,45,50)(H,46,52)(H,47,51)(H,48,53)(H,49,54)/t27-,37-,38-/m0/s1. The van der Waals surface area contributed by atoms with Gasteiger partial charge in [0.2, 0.25) is 17.7 Å². The number of para-hydroxylation sites is 2. The van der Waals surface area contributed by atoms with Crippen LogP contribution in [0.25, 0.3) is 22.3 Å². The van der Waals surface area contributed by atoms with Crippen LogP contribution in [0.15, 0.2) is 127 Å². The van der Waals surface area contributed by atoms with Crippen LogP contribution in [0.5, 0.6) is 0 Å². The molecule has 0 aliphatic heterocycles. The molecule has 0 unspecified atom stereocenters. The van der Waals surface area contributed by atoms with Crippen molar-refractivity contribution < 1.29 is 24.0 Å². The Bertz CT molecular complexity index is 2150. The third-order valence-corrected chi connectivity index (χ3v) is 8.99. The number of rotatable bonds is 14. The van der Waals surface area contributed by atoms with E-state index in [2.05, 4.69) is 21.3 Å². The van der Waals surface area contributed by atoms with Crippen molar-refractivity contribution in [2.75, 3.05) is 11.1 Å². The molecule has 276 valence electrons. The van der Waals surface area contributed by atoms with E-state index in [1.165, 1.54) is 0 Å². The second-order valence-corrected chi connectivity index (χ2v) is 13.3. The molecule has 11 nitrogen and oxygen atoms in total. The molecular weight excluding hydrogens is 681 g/mol. The molecule has 0 fully saturated rings. The second kappa shape index (κ2) is 17.6. The molecule has 0 saturated heterocycles. The predicted molar refractivity (Wildman–Crippen MR) is 211 cm³/mol. The van der Waals surface area contributed by atoms with E-state index in [9.17, 15) is 24.0 Å². The summed E-state index contributed by atoms with van der Waals surface area (Å²) < 4.78 is 0. The molecule has 5 amide bonds. The normalized spacial score (nSPS) is 12.5. The van der Waals surface area contributed by atoms with Gasteiger partial charge in [0.25, 0.3) is 11.8 Å². The first kappa shape index (κ1) is 38.5. The van der Waals surface area contributed by atoms with Crippen LogP contribution in [-0.4, -0.2) is 47.7 Å². The molecule has 0 radical (unpaired) electrons. The van der Waals surface area contributed by atoms with E-state index >= 15 is 0 Å². The number of benzene rings is 5. The molecule has 0 saturated carbocycles. The Balaban J connectivity index is 1.37. The summed E-state index contributed by atoms with van der Waals surface area (Å²) in [6.07, 6.45) is 0.145. The zero-order valence-electron chi connectivity index (χ0n) is 30.3. The lowest BCUT2D eigenvalue weighted by atomic mass is 9.94. The van der Waals surface area contributed by atoms with Gasteiger partial charge in [0.15, 0.2) is 0 Å². The molecular formula is C43H44N6O5. The summed E-state index contributed by atoms with van der Waals surface area (Å²) in [5.74, 6) is -3.07. The summed E-state index contributed by atoms with van der Waals surface area (Å²) in [6, 6.07) is 34.3. The first-order chi connectivity index (χ1) is 25.9. The van der Waals surface area contributed by atoms with Gasteiger partial charge in [-0.3, -0.25) is 24.0 Å². The zero-order valence-corrected chi connectivity index (χ0v) is 30.3. The maximum absolute atomic E-state index is 14.0. The SMILES string of the molecule is CC(C)[C@H](NC(=O)[C@H](Cc1ccccc1)NC(=O)c1ccccc1-c1ccccc1C(=O)N[C@@H](C)C(=O)Nc1ccccc1-c1ccccc1N)C(N)=O. The summed E-state index contributed by atoms with van der Waals surface area (Å²) in [4.78, 5) is 66.9. The Morgan fingerprint density at radius 2 is 1.06 bits per heavy atom. The Kier molecular flexibility index (Phi) is 12.6. The number of carbonyl (C=O) groups is 5. The highest BCUT2D eigenvalue weighted by atomic mass is 16.2. The molecule has 0 bridgehead atoms. The molecule has 5 rings (SSSR count). The van der Waals surface area contributed by atoms with Crippen molar-refractivity contribution in [3.63, 3.8) is 0 Å². The average molecular weight is 725 g/mol. The topological polar surface area (TPSA) is 186 Å². The molecule has 54 heavy (non-hydrogen) atoms. The van der Waals surface area contributed by atoms with Gasteiger partial charge in [0, 0.05) is 40.0 Å². The predicted octanol–water partition coefficient (Wildman–Crippen LogP) is 5.33. The molecule has 5 aromatic carbocycles. The van der Waals surface area contributed by atoms with E-state index in [0.29, 0.717) is 22.5 Å². The smallest absolute Gasteiger partial charge is 0.252 e. The van der Waals surface area contributed by atoms with Crippen molar-refractivity contribution in [1.82, 2.24) is 16.0 Å². The van der Waals surface area contributed by atoms with Crippen LogP contribution in [0.3, 0.4) is 0 Å². The van der Waals surface area contributed by atoms with E-state index in [-0.39, 0.29) is 23.5 Å². The number of nitrogens with two attached hydrogens (primary N) is 2. The Morgan fingerprint density at radius 1 is 0.556 bits per heavy atom. The number of hydrogen-bond donors (Lipinski definition) is 6. The minimum atomic E-state index is -1.06. The van der Waals surface area contributed by atoms with Gasteiger partial charge in [-0.05, 0) is 53.8 Å². The van der Waals surface area contributed by atoms with E-state index in [1.54, 1.807) is 87.5 Å². The fraction of sp³-hybridized carbons (Fsp3) is 0.186. The monoisotopic (exact) mass is 724 g/mol. The van der Waals surface area contributed by atoms with Crippen molar-refractivity contribution in [2.45, 2.75) is 45.3 Å². The fourth-order valence-electron chi connectivity index (χ4n) is 6.10. The third-order valence-electron chi connectivity index (χ3n) is 8.99. The van der Waals surface area contributed by atoms with Gasteiger partial charge in [0.1, 0.15) is 18.1 Å². The maximum atomic E-state index is 14.0. The average Bonchev–Trinajstić information content (AvgIpc) is 3.17. The van der Waals surface area contributed by atoms with Crippen LogP contribution < -0.4 is 32.7 Å². The molecule has 3 atom stereocenters. The van der Waals surface area contributed by atoms with E-state index in [4.69, 9.17) is 11.5 Å². The van der Waals surface area contributed by atoms with Crippen LogP contribution >= 0.6 is 0 Å². The number of carbonyl (C=O) groups excluding carboxylic acids is 5. The first-order valence-electron chi connectivity index (χ1n) is 17.6. The number of amides is 5.